The number of fused-ring (bicyclic) bond motifs is 1. The van der Waals surface area contributed by atoms with Crippen molar-refractivity contribution >= 4 is 20.7 Å². The van der Waals surface area contributed by atoms with E-state index in [0.29, 0.717) is 10.7 Å². The van der Waals surface area contributed by atoms with Gasteiger partial charge in [0.2, 0.25) is 0 Å². The van der Waals surface area contributed by atoms with Crippen molar-refractivity contribution in [3.05, 3.63) is 46.4 Å². The van der Waals surface area contributed by atoms with Crippen LogP contribution in [0, 0.1) is 0 Å². The van der Waals surface area contributed by atoms with Crippen LogP contribution in [-0.2, 0) is 20.8 Å². The Hall–Kier alpha value is -3.06. The van der Waals surface area contributed by atoms with E-state index < -0.39 is 33.0 Å². The molecule has 3 aromatic rings. The van der Waals surface area contributed by atoms with E-state index in [1.54, 1.807) is 0 Å². The van der Waals surface area contributed by atoms with Gasteiger partial charge in [0.25, 0.3) is 5.56 Å². The average Bonchev–Trinajstić information content (AvgIpc) is 2.71. The first-order valence-corrected chi connectivity index (χ1v) is 10.1. The molecule has 3 rings (SSSR count). The van der Waals surface area contributed by atoms with Gasteiger partial charge in [-0.3, -0.25) is 4.79 Å². The SMILES string of the molecule is CCS(=O)(=O)c1cc(OCOC)cnc1-n1nnc2ccc(C(F)(F)F)cc2c1=O. The number of hydrogen-bond donors (Lipinski definition) is 0. The zero-order chi connectivity index (χ0) is 22.1. The van der Waals surface area contributed by atoms with E-state index in [4.69, 9.17) is 9.47 Å². The zero-order valence-electron chi connectivity index (χ0n) is 15.7. The van der Waals surface area contributed by atoms with Crippen LogP contribution < -0.4 is 10.3 Å². The Morgan fingerprint density at radius 2 is 1.93 bits per heavy atom. The van der Waals surface area contributed by atoms with Gasteiger partial charge >= 0.3 is 6.18 Å². The molecular weight excluding hydrogens is 429 g/mol. The number of methoxy groups -OCH3 is 1. The topological polar surface area (TPSA) is 113 Å². The van der Waals surface area contributed by atoms with E-state index in [9.17, 15) is 26.4 Å². The molecule has 2 heterocycles. The summed E-state index contributed by atoms with van der Waals surface area (Å²) in [5.41, 5.74) is -2.13. The van der Waals surface area contributed by atoms with Crippen LogP contribution in [0.4, 0.5) is 13.2 Å². The third-order valence-electron chi connectivity index (χ3n) is 4.06. The van der Waals surface area contributed by atoms with E-state index in [-0.39, 0.29) is 34.1 Å². The predicted molar refractivity (Wildman–Crippen MR) is 98.2 cm³/mol. The smallest absolute Gasteiger partial charge is 0.416 e. The molecule has 0 saturated carbocycles. The quantitative estimate of drug-likeness (QED) is 0.531. The minimum Gasteiger partial charge on any atom is -0.466 e. The maximum atomic E-state index is 13.0. The summed E-state index contributed by atoms with van der Waals surface area (Å²) in [5.74, 6) is -0.684. The van der Waals surface area contributed by atoms with Crippen LogP contribution in [0.5, 0.6) is 5.75 Å². The normalized spacial score (nSPS) is 12.3. The summed E-state index contributed by atoms with van der Waals surface area (Å²) in [6, 6.07) is 3.54. The van der Waals surface area contributed by atoms with E-state index in [2.05, 4.69) is 15.3 Å². The molecule has 13 heteroatoms. The number of halogens is 3. The number of hydrogen-bond acceptors (Lipinski definition) is 8. The summed E-state index contributed by atoms with van der Waals surface area (Å²) in [5, 5.41) is 6.98. The van der Waals surface area contributed by atoms with Crippen molar-refractivity contribution in [2.45, 2.75) is 18.0 Å². The maximum absolute atomic E-state index is 13.0. The van der Waals surface area contributed by atoms with Gasteiger partial charge in [0.15, 0.2) is 22.4 Å². The third kappa shape index (κ3) is 4.11. The second kappa shape index (κ2) is 7.99. The first-order valence-electron chi connectivity index (χ1n) is 8.40. The molecule has 0 aliphatic heterocycles. The molecule has 0 amide bonds. The largest absolute Gasteiger partial charge is 0.466 e. The first-order chi connectivity index (χ1) is 14.1. The van der Waals surface area contributed by atoms with Gasteiger partial charge in [0.05, 0.1) is 22.9 Å². The number of sulfone groups is 1. The molecule has 0 saturated heterocycles. The molecule has 2 aromatic heterocycles. The Morgan fingerprint density at radius 3 is 2.57 bits per heavy atom. The Labute approximate surface area is 168 Å². The number of alkyl halides is 3. The van der Waals surface area contributed by atoms with Crippen molar-refractivity contribution in [2.75, 3.05) is 19.7 Å². The third-order valence-corrected chi connectivity index (χ3v) is 5.79. The fraction of sp³-hybridized carbons (Fsp3) is 0.294. The molecule has 1 aromatic carbocycles. The van der Waals surface area contributed by atoms with Crippen LogP contribution in [0.2, 0.25) is 0 Å². The Balaban J connectivity index is 2.26. The van der Waals surface area contributed by atoms with Crippen LogP contribution in [0.15, 0.2) is 40.2 Å². The summed E-state index contributed by atoms with van der Waals surface area (Å²) in [6.07, 6.45) is -3.54. The first kappa shape index (κ1) is 21.6. The summed E-state index contributed by atoms with van der Waals surface area (Å²) < 4.78 is 74.6. The average molecular weight is 444 g/mol. The Kier molecular flexibility index (Phi) is 5.76. The number of benzene rings is 1. The van der Waals surface area contributed by atoms with Gasteiger partial charge in [-0.25, -0.2) is 13.4 Å². The van der Waals surface area contributed by atoms with Gasteiger partial charge < -0.3 is 9.47 Å². The highest BCUT2D eigenvalue weighted by Crippen LogP contribution is 2.30. The van der Waals surface area contributed by atoms with Gasteiger partial charge in [-0.2, -0.15) is 17.9 Å². The van der Waals surface area contributed by atoms with Crippen LogP contribution in [0.3, 0.4) is 0 Å². The molecule has 0 bridgehead atoms. The summed E-state index contributed by atoms with van der Waals surface area (Å²) in [7, 11) is -2.55. The van der Waals surface area contributed by atoms with Gasteiger partial charge in [-0.05, 0) is 18.2 Å². The highest BCUT2D eigenvalue weighted by Gasteiger charge is 2.31. The van der Waals surface area contributed by atoms with Crippen LogP contribution in [0.1, 0.15) is 12.5 Å². The number of pyridine rings is 1. The fourth-order valence-electron chi connectivity index (χ4n) is 2.53. The molecule has 0 fully saturated rings. The molecule has 0 aliphatic rings. The van der Waals surface area contributed by atoms with Crippen LogP contribution in [-0.4, -0.2) is 48.1 Å². The van der Waals surface area contributed by atoms with Crippen LogP contribution >= 0.6 is 0 Å². The summed E-state index contributed by atoms with van der Waals surface area (Å²) in [6.45, 7) is 1.20. The molecule has 0 N–H and O–H groups in total. The van der Waals surface area contributed by atoms with Gasteiger partial charge in [0, 0.05) is 13.2 Å². The van der Waals surface area contributed by atoms with Crippen molar-refractivity contribution in [1.82, 2.24) is 20.0 Å². The van der Waals surface area contributed by atoms with Crippen molar-refractivity contribution in [3.63, 3.8) is 0 Å². The lowest BCUT2D eigenvalue weighted by molar-refractivity contribution is -0.137. The maximum Gasteiger partial charge on any atom is 0.416 e. The van der Waals surface area contributed by atoms with Gasteiger partial charge in [-0.15, -0.1) is 5.10 Å². The van der Waals surface area contributed by atoms with Gasteiger partial charge in [0.1, 0.15) is 16.2 Å². The van der Waals surface area contributed by atoms with Gasteiger partial charge in [-0.1, -0.05) is 12.1 Å². The monoisotopic (exact) mass is 444 g/mol. The van der Waals surface area contributed by atoms with E-state index in [1.165, 1.54) is 14.0 Å². The molecule has 0 unspecified atom stereocenters. The second-order valence-corrected chi connectivity index (χ2v) is 8.23. The van der Waals surface area contributed by atoms with Crippen molar-refractivity contribution < 1.29 is 31.1 Å². The van der Waals surface area contributed by atoms with Crippen molar-refractivity contribution in [3.8, 4) is 11.6 Å². The lowest BCUT2D eigenvalue weighted by Gasteiger charge is -2.12. The van der Waals surface area contributed by atoms with Crippen molar-refractivity contribution in [1.29, 1.82) is 0 Å². The predicted octanol–water partition coefficient (Wildman–Crippen LogP) is 1.97. The Morgan fingerprint density at radius 1 is 1.20 bits per heavy atom. The van der Waals surface area contributed by atoms with E-state index in [1.807, 2.05) is 0 Å². The number of nitrogens with zero attached hydrogens (tertiary/aromatic N) is 4. The molecule has 30 heavy (non-hydrogen) atoms. The molecule has 0 radical (unpaired) electrons. The van der Waals surface area contributed by atoms with Crippen molar-refractivity contribution in [2.24, 2.45) is 0 Å². The highest BCUT2D eigenvalue weighted by atomic mass is 32.2. The Bertz CT molecular complexity index is 1260. The molecule has 0 spiro atoms. The number of rotatable bonds is 6. The minimum atomic E-state index is -4.68. The number of ether oxygens (including phenoxy) is 2. The second-order valence-electron chi connectivity index (χ2n) is 5.98. The fourth-order valence-corrected chi connectivity index (χ4v) is 3.55. The molecule has 160 valence electrons. The lowest BCUT2D eigenvalue weighted by atomic mass is 10.1. The highest BCUT2D eigenvalue weighted by molar-refractivity contribution is 7.91. The van der Waals surface area contributed by atoms with E-state index >= 15 is 0 Å². The summed E-state index contributed by atoms with van der Waals surface area (Å²) in [4.78, 5) is 16.4. The lowest BCUT2D eigenvalue weighted by Crippen LogP contribution is -2.26. The molecular formula is C17H15F3N4O5S. The van der Waals surface area contributed by atoms with Crippen LogP contribution in [0.25, 0.3) is 16.7 Å². The molecule has 0 atom stereocenters. The minimum absolute atomic E-state index is 0.0498. The zero-order valence-corrected chi connectivity index (χ0v) is 16.5. The number of aromatic nitrogens is 4. The summed E-state index contributed by atoms with van der Waals surface area (Å²) >= 11 is 0. The molecule has 0 aliphatic carbocycles. The standard InChI is InChI=1S/C17H15F3N4O5S/c1-3-30(26,27)14-7-11(29-9-28-2)8-21-15(14)24-16(25)12-6-10(17(18,19)20)4-5-13(12)22-23-24/h4-8H,3,9H2,1-2H3. The molecule has 9 nitrogen and oxygen atoms in total. The van der Waals surface area contributed by atoms with E-state index in [0.717, 1.165) is 24.4 Å².